The van der Waals surface area contributed by atoms with E-state index in [1.807, 2.05) is 17.0 Å². The predicted octanol–water partition coefficient (Wildman–Crippen LogP) is 2.63. The Morgan fingerprint density at radius 3 is 2.81 bits per heavy atom. The molecule has 1 aromatic rings. The lowest BCUT2D eigenvalue weighted by molar-refractivity contribution is -0.128. The van der Waals surface area contributed by atoms with Gasteiger partial charge in [-0.1, -0.05) is 37.6 Å². The Balaban J connectivity index is 1.87. The molecule has 2 rings (SSSR count). The lowest BCUT2D eigenvalue weighted by Gasteiger charge is -2.25. The number of hydrogen-bond donors (Lipinski definition) is 1. The van der Waals surface area contributed by atoms with Crippen molar-refractivity contribution in [2.75, 3.05) is 26.3 Å². The summed E-state index contributed by atoms with van der Waals surface area (Å²) >= 11 is 0. The number of carbonyl (C=O) groups is 1. The molecule has 1 saturated heterocycles. The molecular formula is C17H26N2O2. The van der Waals surface area contributed by atoms with Crippen molar-refractivity contribution in [3.8, 4) is 0 Å². The maximum Gasteiger partial charge on any atom is 0.238 e. The van der Waals surface area contributed by atoms with Gasteiger partial charge in [0.1, 0.15) is 6.17 Å². The topological polar surface area (TPSA) is 41.6 Å². The Kier molecular flexibility index (Phi) is 6.21. The molecule has 1 amide bonds. The molecule has 21 heavy (non-hydrogen) atoms. The zero-order chi connectivity index (χ0) is 15.1. The van der Waals surface area contributed by atoms with Gasteiger partial charge in [-0.25, -0.2) is 0 Å². The highest BCUT2D eigenvalue weighted by atomic mass is 16.5. The Labute approximate surface area is 127 Å². The number of hydrogen-bond acceptors (Lipinski definition) is 3. The molecule has 0 spiro atoms. The van der Waals surface area contributed by atoms with Gasteiger partial charge in [0.25, 0.3) is 0 Å². The van der Waals surface area contributed by atoms with Crippen LogP contribution in [0.1, 0.15) is 43.5 Å². The van der Waals surface area contributed by atoms with Gasteiger partial charge in [0.15, 0.2) is 0 Å². The summed E-state index contributed by atoms with van der Waals surface area (Å²) in [5.74, 6) is 0.178. The predicted molar refractivity (Wildman–Crippen MR) is 84.0 cm³/mol. The van der Waals surface area contributed by atoms with E-state index in [4.69, 9.17) is 4.74 Å². The summed E-state index contributed by atoms with van der Waals surface area (Å²) < 4.78 is 5.58. The molecule has 0 aromatic heterocycles. The van der Waals surface area contributed by atoms with Crippen molar-refractivity contribution in [1.29, 1.82) is 0 Å². The molecule has 1 unspecified atom stereocenters. The van der Waals surface area contributed by atoms with Crippen molar-refractivity contribution in [2.24, 2.45) is 0 Å². The minimum absolute atomic E-state index is 0.00865. The van der Waals surface area contributed by atoms with Gasteiger partial charge >= 0.3 is 0 Å². The molecule has 0 aliphatic carbocycles. The van der Waals surface area contributed by atoms with Crippen LogP contribution in [-0.2, 0) is 9.53 Å². The third-order valence-electron chi connectivity index (χ3n) is 3.89. The number of nitrogens with zero attached hydrogens (tertiary/aromatic N) is 1. The first-order valence-electron chi connectivity index (χ1n) is 7.90. The number of ether oxygens (including phenoxy) is 1. The molecule has 0 bridgehead atoms. The number of aryl methyl sites for hydroxylation is 1. The van der Waals surface area contributed by atoms with Crippen LogP contribution in [0.25, 0.3) is 0 Å². The average Bonchev–Trinajstić information content (AvgIpc) is 2.84. The van der Waals surface area contributed by atoms with Crippen LogP contribution in [0.15, 0.2) is 24.3 Å². The quantitative estimate of drug-likeness (QED) is 0.748. The molecule has 1 fully saturated rings. The summed E-state index contributed by atoms with van der Waals surface area (Å²) in [5.41, 5.74) is 2.41. The number of carbonyl (C=O) groups excluding carboxylic acids is 1. The van der Waals surface area contributed by atoms with Gasteiger partial charge in [-0.05, 0) is 30.9 Å². The standard InChI is InChI=1S/C17H26N2O2/c1-3-4-11-21-12-7-10-19-16(20)13-18-17(19)15-9-6-5-8-14(15)2/h5-6,8-9,17-18H,3-4,7,10-13H2,1-2H3. The molecule has 0 radical (unpaired) electrons. The first-order valence-corrected chi connectivity index (χ1v) is 7.90. The number of nitrogens with one attached hydrogen (secondary N) is 1. The van der Waals surface area contributed by atoms with Crippen molar-refractivity contribution >= 4 is 5.91 Å². The second-order valence-electron chi connectivity index (χ2n) is 5.55. The van der Waals surface area contributed by atoms with Crippen molar-refractivity contribution < 1.29 is 9.53 Å². The van der Waals surface area contributed by atoms with Gasteiger partial charge in [0.05, 0.1) is 6.54 Å². The summed E-state index contributed by atoms with van der Waals surface area (Å²) in [6, 6.07) is 8.24. The highest BCUT2D eigenvalue weighted by Gasteiger charge is 2.31. The van der Waals surface area contributed by atoms with Crippen molar-refractivity contribution in [2.45, 2.75) is 39.3 Å². The Hall–Kier alpha value is -1.39. The van der Waals surface area contributed by atoms with E-state index in [2.05, 4.69) is 31.3 Å². The summed E-state index contributed by atoms with van der Waals surface area (Å²) in [7, 11) is 0. The first-order chi connectivity index (χ1) is 10.2. The number of benzene rings is 1. The smallest absolute Gasteiger partial charge is 0.238 e. The van der Waals surface area contributed by atoms with E-state index in [9.17, 15) is 4.79 Å². The van der Waals surface area contributed by atoms with Crippen molar-refractivity contribution in [1.82, 2.24) is 10.2 Å². The minimum Gasteiger partial charge on any atom is -0.381 e. The third kappa shape index (κ3) is 4.29. The van der Waals surface area contributed by atoms with E-state index in [-0.39, 0.29) is 12.1 Å². The molecule has 0 saturated carbocycles. The molecule has 1 atom stereocenters. The lowest BCUT2D eigenvalue weighted by atomic mass is 10.1. The fourth-order valence-corrected chi connectivity index (χ4v) is 2.65. The maximum atomic E-state index is 12.1. The van der Waals surface area contributed by atoms with Crippen molar-refractivity contribution in [3.05, 3.63) is 35.4 Å². The van der Waals surface area contributed by atoms with Crippen LogP contribution in [0.2, 0.25) is 0 Å². The van der Waals surface area contributed by atoms with Gasteiger partial charge < -0.3 is 9.64 Å². The number of rotatable bonds is 8. The van der Waals surface area contributed by atoms with Gasteiger partial charge in [-0.15, -0.1) is 0 Å². The van der Waals surface area contributed by atoms with Crippen LogP contribution in [0.5, 0.6) is 0 Å². The van der Waals surface area contributed by atoms with E-state index < -0.39 is 0 Å². The van der Waals surface area contributed by atoms with Gasteiger partial charge in [0.2, 0.25) is 5.91 Å². The normalized spacial score (nSPS) is 18.5. The Morgan fingerprint density at radius 2 is 2.05 bits per heavy atom. The SMILES string of the molecule is CCCCOCCCN1C(=O)CNC1c1ccccc1C. The number of amides is 1. The average molecular weight is 290 g/mol. The lowest BCUT2D eigenvalue weighted by Crippen LogP contribution is -2.32. The van der Waals surface area contributed by atoms with E-state index in [1.54, 1.807) is 0 Å². The zero-order valence-electron chi connectivity index (χ0n) is 13.1. The second kappa shape index (κ2) is 8.15. The zero-order valence-corrected chi connectivity index (χ0v) is 13.1. The van der Waals surface area contributed by atoms with E-state index >= 15 is 0 Å². The summed E-state index contributed by atoms with van der Waals surface area (Å²) in [6.45, 7) is 6.97. The minimum atomic E-state index is 0.00865. The van der Waals surface area contributed by atoms with Gasteiger partial charge in [-0.2, -0.15) is 0 Å². The van der Waals surface area contributed by atoms with E-state index in [0.29, 0.717) is 6.54 Å². The largest absolute Gasteiger partial charge is 0.381 e. The van der Waals surface area contributed by atoms with Crippen LogP contribution in [0.3, 0.4) is 0 Å². The van der Waals surface area contributed by atoms with Crippen molar-refractivity contribution in [3.63, 3.8) is 0 Å². The number of unbranched alkanes of at least 4 members (excludes halogenated alkanes) is 1. The third-order valence-corrected chi connectivity index (χ3v) is 3.89. The van der Waals surface area contributed by atoms with Crippen LogP contribution >= 0.6 is 0 Å². The second-order valence-corrected chi connectivity index (χ2v) is 5.55. The molecule has 1 aromatic carbocycles. The Bertz CT molecular complexity index is 462. The molecule has 1 aliphatic heterocycles. The first kappa shape index (κ1) is 16.0. The molecule has 1 aliphatic rings. The fraction of sp³-hybridized carbons (Fsp3) is 0.588. The van der Waals surface area contributed by atoms with Crippen LogP contribution in [-0.4, -0.2) is 37.1 Å². The van der Waals surface area contributed by atoms with Crippen LogP contribution in [0.4, 0.5) is 0 Å². The molecule has 4 heteroatoms. The fourth-order valence-electron chi connectivity index (χ4n) is 2.65. The van der Waals surface area contributed by atoms with E-state index in [1.165, 1.54) is 11.1 Å². The molecular weight excluding hydrogens is 264 g/mol. The van der Waals surface area contributed by atoms with Crippen LogP contribution in [0, 0.1) is 6.92 Å². The summed E-state index contributed by atoms with van der Waals surface area (Å²) in [6.07, 6.45) is 3.16. The summed E-state index contributed by atoms with van der Waals surface area (Å²) in [5, 5.41) is 3.31. The van der Waals surface area contributed by atoms with Gasteiger partial charge in [0, 0.05) is 19.8 Å². The molecule has 1 N–H and O–H groups in total. The van der Waals surface area contributed by atoms with Crippen LogP contribution < -0.4 is 5.32 Å². The Morgan fingerprint density at radius 1 is 1.29 bits per heavy atom. The monoisotopic (exact) mass is 290 g/mol. The highest BCUT2D eigenvalue weighted by molar-refractivity contribution is 5.81. The molecule has 4 nitrogen and oxygen atoms in total. The van der Waals surface area contributed by atoms with E-state index in [0.717, 1.165) is 39.0 Å². The summed E-state index contributed by atoms with van der Waals surface area (Å²) in [4.78, 5) is 14.0. The van der Waals surface area contributed by atoms with Gasteiger partial charge in [-0.3, -0.25) is 10.1 Å². The highest BCUT2D eigenvalue weighted by Crippen LogP contribution is 2.25. The maximum absolute atomic E-state index is 12.1. The molecule has 1 heterocycles. The molecule has 116 valence electrons.